The molecule has 1 aromatic carbocycles. The quantitative estimate of drug-likeness (QED) is 0.910. The third-order valence-electron chi connectivity index (χ3n) is 3.76. The van der Waals surface area contributed by atoms with E-state index in [0.717, 1.165) is 12.0 Å². The van der Waals surface area contributed by atoms with Crippen LogP contribution in [0.4, 0.5) is 5.95 Å². The lowest BCUT2D eigenvalue weighted by molar-refractivity contribution is 0.00747. The zero-order valence-electron chi connectivity index (χ0n) is 12.1. The standard InChI is InChI=1S/C16H19N3O2/c1-2-16(20)11-19(12-16)15-17-9-8-14(18-15)21-10-13-6-4-3-5-7-13/h3-9,20H,2,10-12H2,1H3. The molecule has 0 atom stereocenters. The summed E-state index contributed by atoms with van der Waals surface area (Å²) >= 11 is 0. The van der Waals surface area contributed by atoms with E-state index in [-0.39, 0.29) is 0 Å². The van der Waals surface area contributed by atoms with Gasteiger partial charge in [0, 0.05) is 12.3 Å². The lowest BCUT2D eigenvalue weighted by Gasteiger charge is -2.45. The number of β-amino-alcohol motifs (C(OH)–C–C–N with tert-alkyl or cyclic N) is 1. The van der Waals surface area contributed by atoms with Crippen LogP contribution in [0, 0.1) is 0 Å². The maximum Gasteiger partial charge on any atom is 0.228 e. The van der Waals surface area contributed by atoms with E-state index in [0.29, 0.717) is 31.5 Å². The Labute approximate surface area is 124 Å². The summed E-state index contributed by atoms with van der Waals surface area (Å²) in [5.41, 5.74) is 0.506. The second-order valence-electron chi connectivity index (χ2n) is 5.40. The van der Waals surface area contributed by atoms with Crippen molar-refractivity contribution in [3.05, 3.63) is 48.2 Å². The molecular weight excluding hydrogens is 266 g/mol. The van der Waals surface area contributed by atoms with Crippen LogP contribution in [0.2, 0.25) is 0 Å². The fraction of sp³-hybridized carbons (Fsp3) is 0.375. The van der Waals surface area contributed by atoms with Crippen molar-refractivity contribution in [2.45, 2.75) is 25.6 Å². The van der Waals surface area contributed by atoms with Gasteiger partial charge < -0.3 is 14.7 Å². The van der Waals surface area contributed by atoms with Gasteiger partial charge in [-0.25, -0.2) is 4.98 Å². The molecule has 2 heterocycles. The first-order chi connectivity index (χ1) is 10.2. The molecule has 0 radical (unpaired) electrons. The van der Waals surface area contributed by atoms with Crippen LogP contribution in [0.25, 0.3) is 0 Å². The van der Waals surface area contributed by atoms with Crippen molar-refractivity contribution in [1.29, 1.82) is 0 Å². The Morgan fingerprint density at radius 1 is 1.24 bits per heavy atom. The molecule has 1 aliphatic heterocycles. The zero-order chi connectivity index (χ0) is 14.7. The van der Waals surface area contributed by atoms with Crippen molar-refractivity contribution in [1.82, 2.24) is 9.97 Å². The third kappa shape index (κ3) is 3.13. The Morgan fingerprint density at radius 3 is 2.71 bits per heavy atom. The van der Waals surface area contributed by atoms with Crippen LogP contribution in [0.5, 0.6) is 5.88 Å². The highest BCUT2D eigenvalue weighted by atomic mass is 16.5. The summed E-state index contributed by atoms with van der Waals surface area (Å²) in [7, 11) is 0. The van der Waals surface area contributed by atoms with Crippen LogP contribution in [-0.2, 0) is 6.61 Å². The highest BCUT2D eigenvalue weighted by molar-refractivity contribution is 5.38. The maximum atomic E-state index is 10.0. The molecule has 0 unspecified atom stereocenters. The summed E-state index contributed by atoms with van der Waals surface area (Å²) in [5.74, 6) is 1.16. The van der Waals surface area contributed by atoms with Gasteiger partial charge in [-0.3, -0.25) is 0 Å². The number of ether oxygens (including phenoxy) is 1. The molecule has 1 saturated heterocycles. The van der Waals surface area contributed by atoms with Gasteiger partial charge in [-0.05, 0) is 12.0 Å². The molecule has 1 aromatic heterocycles. The molecule has 0 bridgehead atoms. The normalized spacial score (nSPS) is 16.4. The molecule has 1 aliphatic rings. The van der Waals surface area contributed by atoms with Crippen molar-refractivity contribution in [2.75, 3.05) is 18.0 Å². The third-order valence-corrected chi connectivity index (χ3v) is 3.76. The molecule has 0 amide bonds. The number of hydrogen-bond donors (Lipinski definition) is 1. The number of aromatic nitrogens is 2. The van der Waals surface area contributed by atoms with Gasteiger partial charge in [-0.2, -0.15) is 4.98 Å². The first-order valence-electron chi connectivity index (χ1n) is 7.16. The average molecular weight is 285 g/mol. The number of hydrogen-bond acceptors (Lipinski definition) is 5. The molecular formula is C16H19N3O2. The van der Waals surface area contributed by atoms with Crippen LogP contribution in [0.3, 0.4) is 0 Å². The van der Waals surface area contributed by atoms with Gasteiger partial charge in [0.1, 0.15) is 6.61 Å². The SMILES string of the molecule is CCC1(O)CN(c2nccc(OCc3ccccc3)n2)C1. The van der Waals surface area contributed by atoms with Gasteiger partial charge in [0.15, 0.2) is 0 Å². The molecule has 2 aromatic rings. The summed E-state index contributed by atoms with van der Waals surface area (Å²) in [4.78, 5) is 10.6. The van der Waals surface area contributed by atoms with Gasteiger partial charge in [-0.15, -0.1) is 0 Å². The predicted molar refractivity (Wildman–Crippen MR) is 80.3 cm³/mol. The highest BCUT2D eigenvalue weighted by Crippen LogP contribution is 2.28. The monoisotopic (exact) mass is 285 g/mol. The fourth-order valence-corrected chi connectivity index (χ4v) is 2.33. The fourth-order valence-electron chi connectivity index (χ4n) is 2.33. The predicted octanol–water partition coefficient (Wildman–Crippen LogP) is 2.02. The van der Waals surface area contributed by atoms with Gasteiger partial charge in [0.25, 0.3) is 0 Å². The molecule has 0 saturated carbocycles. The van der Waals surface area contributed by atoms with Crippen LogP contribution >= 0.6 is 0 Å². The highest BCUT2D eigenvalue weighted by Gasteiger charge is 2.40. The Balaban J connectivity index is 1.62. The minimum atomic E-state index is -0.593. The second-order valence-corrected chi connectivity index (χ2v) is 5.40. The Hall–Kier alpha value is -2.14. The number of benzene rings is 1. The first kappa shape index (κ1) is 13.8. The first-order valence-corrected chi connectivity index (χ1v) is 7.16. The number of aliphatic hydroxyl groups is 1. The number of rotatable bonds is 5. The van der Waals surface area contributed by atoms with Gasteiger partial charge in [0.2, 0.25) is 11.8 Å². The van der Waals surface area contributed by atoms with Crippen LogP contribution in [-0.4, -0.2) is 33.8 Å². The maximum absolute atomic E-state index is 10.0. The lowest BCUT2D eigenvalue weighted by Crippen LogP contribution is -2.62. The molecule has 3 rings (SSSR count). The summed E-state index contributed by atoms with van der Waals surface area (Å²) in [6.07, 6.45) is 2.43. The topological polar surface area (TPSA) is 58.5 Å². The van der Waals surface area contributed by atoms with Crippen molar-refractivity contribution in [3.63, 3.8) is 0 Å². The van der Waals surface area contributed by atoms with Crippen molar-refractivity contribution in [2.24, 2.45) is 0 Å². The van der Waals surface area contributed by atoms with Gasteiger partial charge in [0.05, 0.1) is 18.7 Å². The van der Waals surface area contributed by atoms with E-state index in [1.54, 1.807) is 12.3 Å². The minimum Gasteiger partial charge on any atom is -0.473 e. The Kier molecular flexibility index (Phi) is 3.75. The van der Waals surface area contributed by atoms with Crippen LogP contribution < -0.4 is 9.64 Å². The Bertz CT molecular complexity index is 597. The number of anilines is 1. The summed E-state index contributed by atoms with van der Waals surface area (Å²) in [5, 5.41) is 10.0. The van der Waals surface area contributed by atoms with E-state index in [1.165, 1.54) is 0 Å². The van der Waals surface area contributed by atoms with E-state index in [1.807, 2.05) is 42.2 Å². The van der Waals surface area contributed by atoms with Crippen molar-refractivity contribution in [3.8, 4) is 5.88 Å². The zero-order valence-corrected chi connectivity index (χ0v) is 12.1. The van der Waals surface area contributed by atoms with Gasteiger partial charge >= 0.3 is 0 Å². The summed E-state index contributed by atoms with van der Waals surface area (Å²) in [6, 6.07) is 11.7. The molecule has 5 heteroatoms. The Morgan fingerprint density at radius 2 is 2.00 bits per heavy atom. The molecule has 0 spiro atoms. The van der Waals surface area contributed by atoms with E-state index in [4.69, 9.17) is 4.74 Å². The number of nitrogens with zero attached hydrogens (tertiary/aromatic N) is 3. The largest absolute Gasteiger partial charge is 0.473 e. The van der Waals surface area contributed by atoms with E-state index >= 15 is 0 Å². The van der Waals surface area contributed by atoms with E-state index in [9.17, 15) is 5.11 Å². The molecule has 5 nitrogen and oxygen atoms in total. The molecule has 1 N–H and O–H groups in total. The minimum absolute atomic E-state index is 0.482. The smallest absolute Gasteiger partial charge is 0.228 e. The summed E-state index contributed by atoms with van der Waals surface area (Å²) < 4.78 is 5.69. The van der Waals surface area contributed by atoms with Crippen LogP contribution in [0.1, 0.15) is 18.9 Å². The van der Waals surface area contributed by atoms with E-state index in [2.05, 4.69) is 9.97 Å². The van der Waals surface area contributed by atoms with Gasteiger partial charge in [-0.1, -0.05) is 37.3 Å². The average Bonchev–Trinajstić information content (AvgIpc) is 2.51. The summed E-state index contributed by atoms with van der Waals surface area (Å²) in [6.45, 7) is 3.62. The van der Waals surface area contributed by atoms with Crippen molar-refractivity contribution >= 4 is 5.95 Å². The molecule has 110 valence electrons. The molecule has 1 fully saturated rings. The second kappa shape index (κ2) is 5.69. The van der Waals surface area contributed by atoms with E-state index < -0.39 is 5.60 Å². The molecule has 0 aliphatic carbocycles. The van der Waals surface area contributed by atoms with Crippen LogP contribution in [0.15, 0.2) is 42.6 Å². The molecule has 21 heavy (non-hydrogen) atoms. The lowest BCUT2D eigenvalue weighted by atomic mass is 9.92. The van der Waals surface area contributed by atoms with Crippen molar-refractivity contribution < 1.29 is 9.84 Å².